The molecule has 4 aromatic rings. The van der Waals surface area contributed by atoms with Gasteiger partial charge in [-0.05, 0) is 38.1 Å². The number of nitrogens with zero attached hydrogens (tertiary/aromatic N) is 3. The average molecular weight is 478 g/mol. The van der Waals surface area contributed by atoms with Crippen LogP contribution in [0.15, 0.2) is 71.3 Å². The zero-order valence-corrected chi connectivity index (χ0v) is 19.1. The van der Waals surface area contributed by atoms with Gasteiger partial charge < -0.3 is 14.4 Å². The van der Waals surface area contributed by atoms with E-state index >= 15 is 0 Å². The number of carboxylic acid groups (broad SMARTS) is 1. The van der Waals surface area contributed by atoms with E-state index in [1.807, 2.05) is 0 Å². The Balaban J connectivity index is 1.77. The van der Waals surface area contributed by atoms with Gasteiger partial charge in [-0.25, -0.2) is 19.5 Å². The Morgan fingerprint density at radius 1 is 1.03 bits per heavy atom. The summed E-state index contributed by atoms with van der Waals surface area (Å²) >= 11 is 6.41. The molecule has 34 heavy (non-hydrogen) atoms. The molecule has 0 aliphatic rings. The topological polar surface area (TPSA) is 106 Å². The van der Waals surface area contributed by atoms with Crippen molar-refractivity contribution in [3.05, 3.63) is 83.1 Å². The van der Waals surface area contributed by atoms with Crippen LogP contribution in [0.1, 0.15) is 23.1 Å². The Morgan fingerprint density at radius 2 is 1.74 bits per heavy atom. The lowest BCUT2D eigenvalue weighted by Crippen LogP contribution is -2.27. The van der Waals surface area contributed by atoms with E-state index in [9.17, 15) is 14.7 Å². The molecule has 1 amide bonds. The van der Waals surface area contributed by atoms with Crippen molar-refractivity contribution < 1.29 is 24.0 Å². The van der Waals surface area contributed by atoms with Gasteiger partial charge in [-0.1, -0.05) is 59.2 Å². The molecule has 2 aromatic carbocycles. The van der Waals surface area contributed by atoms with Crippen LogP contribution in [0.25, 0.3) is 22.6 Å². The van der Waals surface area contributed by atoms with Gasteiger partial charge in [-0.3, -0.25) is 0 Å². The number of aromatic nitrogens is 2. The second-order valence-corrected chi connectivity index (χ2v) is 7.63. The van der Waals surface area contributed by atoms with Gasteiger partial charge in [0.2, 0.25) is 0 Å². The van der Waals surface area contributed by atoms with Crippen molar-refractivity contribution in [2.75, 3.05) is 11.5 Å². The Bertz CT molecular complexity index is 1350. The molecular formula is C25H20ClN3O5. The molecule has 0 bridgehead atoms. The monoisotopic (exact) mass is 477 g/mol. The number of aryl methyl sites for hydroxylation is 1. The third-order valence-corrected chi connectivity index (χ3v) is 5.33. The number of ether oxygens (including phenoxy) is 1. The molecule has 0 saturated carbocycles. The van der Waals surface area contributed by atoms with Crippen LogP contribution >= 0.6 is 11.6 Å². The Morgan fingerprint density at radius 3 is 2.41 bits per heavy atom. The molecule has 0 spiro atoms. The number of carbonyl (C=O) groups excluding carboxylic acids is 1. The fourth-order valence-corrected chi connectivity index (χ4v) is 3.68. The van der Waals surface area contributed by atoms with Crippen molar-refractivity contribution in [3.63, 3.8) is 0 Å². The van der Waals surface area contributed by atoms with E-state index in [-0.39, 0.29) is 12.3 Å². The first-order chi connectivity index (χ1) is 16.4. The maximum absolute atomic E-state index is 13.0. The van der Waals surface area contributed by atoms with Crippen LogP contribution in [0.5, 0.6) is 0 Å². The lowest BCUT2D eigenvalue weighted by Gasteiger charge is -2.23. The molecule has 0 aliphatic carbocycles. The van der Waals surface area contributed by atoms with Crippen molar-refractivity contribution in [2.45, 2.75) is 13.8 Å². The third-order valence-electron chi connectivity index (χ3n) is 5.01. The van der Waals surface area contributed by atoms with Crippen LogP contribution in [0, 0.1) is 6.92 Å². The molecule has 172 valence electrons. The number of hydrogen-bond acceptors (Lipinski definition) is 6. The van der Waals surface area contributed by atoms with Gasteiger partial charge in [0.25, 0.3) is 0 Å². The number of anilines is 2. The molecule has 4 rings (SSSR count). The molecule has 8 nitrogen and oxygen atoms in total. The molecule has 2 aromatic heterocycles. The molecule has 0 atom stereocenters. The summed E-state index contributed by atoms with van der Waals surface area (Å²) in [5.74, 6) is -0.747. The van der Waals surface area contributed by atoms with Crippen molar-refractivity contribution >= 4 is 35.0 Å². The van der Waals surface area contributed by atoms with Crippen LogP contribution in [0.3, 0.4) is 0 Å². The van der Waals surface area contributed by atoms with Crippen LogP contribution < -0.4 is 4.90 Å². The summed E-state index contributed by atoms with van der Waals surface area (Å²) in [6.07, 6.45) is -0.616. The van der Waals surface area contributed by atoms with Crippen LogP contribution in [-0.2, 0) is 4.74 Å². The summed E-state index contributed by atoms with van der Waals surface area (Å²) in [5, 5.41) is 13.6. The predicted octanol–water partition coefficient (Wildman–Crippen LogP) is 6.36. The van der Waals surface area contributed by atoms with Gasteiger partial charge in [-0.2, -0.15) is 0 Å². The zero-order valence-electron chi connectivity index (χ0n) is 18.4. The second-order valence-electron chi connectivity index (χ2n) is 7.22. The predicted molar refractivity (Wildman–Crippen MR) is 127 cm³/mol. The van der Waals surface area contributed by atoms with Crippen LogP contribution in [0.4, 0.5) is 16.2 Å². The minimum Gasteiger partial charge on any atom is -0.477 e. The summed E-state index contributed by atoms with van der Waals surface area (Å²) in [5.41, 5.74) is 3.16. The van der Waals surface area contributed by atoms with E-state index in [1.54, 1.807) is 74.5 Å². The molecule has 0 radical (unpaired) electrons. The highest BCUT2D eigenvalue weighted by molar-refractivity contribution is 6.34. The van der Waals surface area contributed by atoms with Crippen LogP contribution in [0.2, 0.25) is 5.02 Å². The van der Waals surface area contributed by atoms with Gasteiger partial charge in [0.15, 0.2) is 5.76 Å². The fourth-order valence-electron chi connectivity index (χ4n) is 3.46. The van der Waals surface area contributed by atoms with Crippen molar-refractivity contribution in [1.82, 2.24) is 10.1 Å². The highest BCUT2D eigenvalue weighted by Crippen LogP contribution is 2.41. The van der Waals surface area contributed by atoms with E-state index in [1.165, 1.54) is 11.0 Å². The molecule has 0 fully saturated rings. The molecular weight excluding hydrogens is 458 g/mol. The van der Waals surface area contributed by atoms with Crippen LogP contribution in [-0.4, -0.2) is 33.9 Å². The largest absolute Gasteiger partial charge is 0.477 e. The normalized spacial score (nSPS) is 10.7. The highest BCUT2D eigenvalue weighted by Gasteiger charge is 2.30. The number of carbonyl (C=O) groups is 2. The first-order valence-electron chi connectivity index (χ1n) is 10.4. The first kappa shape index (κ1) is 23.0. The van der Waals surface area contributed by atoms with Gasteiger partial charge >= 0.3 is 12.1 Å². The molecule has 0 unspecified atom stereocenters. The van der Waals surface area contributed by atoms with E-state index < -0.39 is 12.1 Å². The summed E-state index contributed by atoms with van der Waals surface area (Å²) in [6, 6.07) is 18.9. The van der Waals surface area contributed by atoms with Gasteiger partial charge in [-0.15, -0.1) is 0 Å². The number of rotatable bonds is 6. The Labute approximate surface area is 200 Å². The summed E-state index contributed by atoms with van der Waals surface area (Å²) in [4.78, 5) is 29.7. The third kappa shape index (κ3) is 4.49. The Kier molecular flexibility index (Phi) is 6.60. The van der Waals surface area contributed by atoms with E-state index in [0.29, 0.717) is 39.1 Å². The lowest BCUT2D eigenvalue weighted by molar-refractivity contribution is 0.0690. The van der Waals surface area contributed by atoms with Gasteiger partial charge in [0.05, 0.1) is 23.0 Å². The zero-order chi connectivity index (χ0) is 24.2. The summed E-state index contributed by atoms with van der Waals surface area (Å²) in [7, 11) is 0. The van der Waals surface area contributed by atoms with Crippen molar-refractivity contribution in [3.8, 4) is 22.6 Å². The minimum atomic E-state index is -1.10. The number of hydrogen-bond donors (Lipinski definition) is 1. The number of carboxylic acids is 1. The number of amides is 1. The van der Waals surface area contributed by atoms with Gasteiger partial charge in [0.1, 0.15) is 17.1 Å². The number of para-hydroxylation sites is 1. The SMILES string of the molecule is CCOC(=O)N(c1ccccc1Cl)c1c(C)noc1-c1ccc(-c2cccc(C(=O)O)n2)cc1. The average Bonchev–Trinajstić information content (AvgIpc) is 3.22. The number of aromatic carboxylic acids is 1. The van der Waals surface area contributed by atoms with E-state index in [0.717, 1.165) is 5.56 Å². The molecule has 1 N–H and O–H groups in total. The van der Waals surface area contributed by atoms with Crippen molar-refractivity contribution in [2.24, 2.45) is 0 Å². The van der Waals surface area contributed by atoms with E-state index in [2.05, 4.69) is 10.1 Å². The standard InChI is InChI=1S/C25H20ClN3O5/c1-3-33-25(32)29(21-10-5-4-7-18(21)26)22-15(2)28-34-23(22)17-13-11-16(12-14-17)19-8-6-9-20(27-19)24(30)31/h4-14H,3H2,1-2H3,(H,30,31). The number of benzene rings is 2. The summed E-state index contributed by atoms with van der Waals surface area (Å²) < 4.78 is 10.9. The molecule has 0 aliphatic heterocycles. The number of pyridine rings is 1. The van der Waals surface area contributed by atoms with Gasteiger partial charge in [0, 0.05) is 11.1 Å². The highest BCUT2D eigenvalue weighted by atomic mass is 35.5. The minimum absolute atomic E-state index is 0.0421. The molecule has 0 saturated heterocycles. The first-order valence-corrected chi connectivity index (χ1v) is 10.8. The maximum Gasteiger partial charge on any atom is 0.419 e. The van der Waals surface area contributed by atoms with E-state index in [4.69, 9.17) is 20.9 Å². The van der Waals surface area contributed by atoms with Crippen molar-refractivity contribution in [1.29, 1.82) is 0 Å². The quantitative estimate of drug-likeness (QED) is 0.344. The molecule has 9 heteroatoms. The maximum atomic E-state index is 13.0. The fraction of sp³-hybridized carbons (Fsp3) is 0.120. The lowest BCUT2D eigenvalue weighted by atomic mass is 10.0. The smallest absolute Gasteiger partial charge is 0.419 e. The second kappa shape index (κ2) is 9.76. The number of halogens is 1. The summed E-state index contributed by atoms with van der Waals surface area (Å²) in [6.45, 7) is 3.62. The Hall–Kier alpha value is -4.17. The molecule has 2 heterocycles.